The van der Waals surface area contributed by atoms with E-state index in [1.54, 1.807) is 0 Å². The second-order valence-electron chi connectivity index (χ2n) is 5.00. The molecular formula is C16H15BrClN. The van der Waals surface area contributed by atoms with Crippen LogP contribution in [-0.2, 0) is 12.8 Å². The first kappa shape index (κ1) is 13.0. The Morgan fingerprint density at radius 2 is 1.84 bits per heavy atom. The summed E-state index contributed by atoms with van der Waals surface area (Å²) in [6.45, 7) is 0. The average Bonchev–Trinajstić information content (AvgIpc) is 2.42. The van der Waals surface area contributed by atoms with E-state index in [0.29, 0.717) is 6.04 Å². The number of halogens is 2. The van der Waals surface area contributed by atoms with Crippen LogP contribution in [0.2, 0.25) is 5.02 Å². The van der Waals surface area contributed by atoms with Crippen molar-refractivity contribution in [3.05, 3.63) is 63.1 Å². The molecule has 1 nitrogen and oxygen atoms in total. The van der Waals surface area contributed by atoms with E-state index >= 15 is 0 Å². The SMILES string of the molecule is Clc1ccc(NC2CCc3cc(Br)ccc3C2)cc1. The van der Waals surface area contributed by atoms with Crippen LogP contribution in [0.4, 0.5) is 5.69 Å². The average molecular weight is 337 g/mol. The highest BCUT2D eigenvalue weighted by molar-refractivity contribution is 9.10. The Morgan fingerprint density at radius 3 is 2.63 bits per heavy atom. The molecule has 0 saturated carbocycles. The summed E-state index contributed by atoms with van der Waals surface area (Å²) in [5.41, 5.74) is 4.08. The lowest BCUT2D eigenvalue weighted by Crippen LogP contribution is -2.27. The number of hydrogen-bond acceptors (Lipinski definition) is 1. The zero-order valence-corrected chi connectivity index (χ0v) is 12.8. The van der Waals surface area contributed by atoms with Gasteiger partial charge in [-0.2, -0.15) is 0 Å². The smallest absolute Gasteiger partial charge is 0.0407 e. The van der Waals surface area contributed by atoms with Crippen molar-refractivity contribution >= 4 is 33.2 Å². The maximum atomic E-state index is 5.90. The first-order chi connectivity index (χ1) is 9.20. The normalized spacial score (nSPS) is 17.9. The van der Waals surface area contributed by atoms with Crippen LogP contribution < -0.4 is 5.32 Å². The second kappa shape index (κ2) is 5.56. The standard InChI is InChI=1S/C16H15BrClN/c17-13-3-1-12-10-16(6-2-11(12)9-13)19-15-7-4-14(18)5-8-15/h1,3-5,7-9,16,19H,2,6,10H2. The quantitative estimate of drug-likeness (QED) is 0.807. The first-order valence-corrected chi connectivity index (χ1v) is 7.67. The van der Waals surface area contributed by atoms with E-state index in [4.69, 9.17) is 11.6 Å². The van der Waals surface area contributed by atoms with E-state index in [1.165, 1.54) is 22.0 Å². The molecule has 2 aromatic carbocycles. The number of hydrogen-bond donors (Lipinski definition) is 1. The van der Waals surface area contributed by atoms with Gasteiger partial charge < -0.3 is 5.32 Å². The molecule has 3 rings (SSSR count). The predicted octanol–water partition coefficient (Wildman–Crippen LogP) is 5.07. The van der Waals surface area contributed by atoms with Crippen LogP contribution in [0, 0.1) is 0 Å². The largest absolute Gasteiger partial charge is 0.382 e. The van der Waals surface area contributed by atoms with Crippen molar-refractivity contribution in [2.24, 2.45) is 0 Å². The minimum Gasteiger partial charge on any atom is -0.382 e. The molecule has 0 aliphatic heterocycles. The van der Waals surface area contributed by atoms with Crippen LogP contribution in [0.25, 0.3) is 0 Å². The lowest BCUT2D eigenvalue weighted by Gasteiger charge is -2.26. The number of anilines is 1. The van der Waals surface area contributed by atoms with Gasteiger partial charge in [-0.05, 0) is 66.8 Å². The highest BCUT2D eigenvalue weighted by atomic mass is 79.9. The number of aryl methyl sites for hydroxylation is 1. The third-order valence-electron chi connectivity index (χ3n) is 3.61. The van der Waals surface area contributed by atoms with E-state index in [-0.39, 0.29) is 0 Å². The minimum atomic E-state index is 0.509. The molecule has 0 saturated heterocycles. The molecule has 0 heterocycles. The van der Waals surface area contributed by atoms with Gasteiger partial charge in [-0.15, -0.1) is 0 Å². The number of nitrogens with one attached hydrogen (secondary N) is 1. The van der Waals surface area contributed by atoms with Crippen LogP contribution in [0.3, 0.4) is 0 Å². The van der Waals surface area contributed by atoms with Crippen molar-refractivity contribution in [3.63, 3.8) is 0 Å². The Labute approximate surface area is 127 Å². The zero-order valence-electron chi connectivity index (χ0n) is 10.5. The molecule has 0 bridgehead atoms. The van der Waals surface area contributed by atoms with Gasteiger partial charge in [0.1, 0.15) is 0 Å². The van der Waals surface area contributed by atoms with Gasteiger partial charge in [-0.1, -0.05) is 33.6 Å². The highest BCUT2D eigenvalue weighted by Gasteiger charge is 2.18. The lowest BCUT2D eigenvalue weighted by molar-refractivity contribution is 0.610. The molecule has 19 heavy (non-hydrogen) atoms. The van der Waals surface area contributed by atoms with E-state index in [1.807, 2.05) is 24.3 Å². The van der Waals surface area contributed by atoms with Gasteiger partial charge in [0.05, 0.1) is 0 Å². The molecule has 2 aromatic rings. The van der Waals surface area contributed by atoms with Gasteiger partial charge in [0.15, 0.2) is 0 Å². The van der Waals surface area contributed by atoms with Crippen molar-refractivity contribution in [3.8, 4) is 0 Å². The van der Waals surface area contributed by atoms with E-state index in [2.05, 4.69) is 39.4 Å². The molecular weight excluding hydrogens is 322 g/mol. The van der Waals surface area contributed by atoms with Crippen LogP contribution >= 0.6 is 27.5 Å². The molecule has 0 aromatic heterocycles. The van der Waals surface area contributed by atoms with Gasteiger partial charge in [0, 0.05) is 21.2 Å². The zero-order chi connectivity index (χ0) is 13.2. The van der Waals surface area contributed by atoms with Crippen molar-refractivity contribution < 1.29 is 0 Å². The number of rotatable bonds is 2. The van der Waals surface area contributed by atoms with Gasteiger partial charge in [0.2, 0.25) is 0 Å². The van der Waals surface area contributed by atoms with Crippen molar-refractivity contribution in [1.82, 2.24) is 0 Å². The number of benzene rings is 2. The van der Waals surface area contributed by atoms with Crippen LogP contribution in [0.5, 0.6) is 0 Å². The monoisotopic (exact) mass is 335 g/mol. The molecule has 3 heteroatoms. The molecule has 0 radical (unpaired) electrons. The van der Waals surface area contributed by atoms with Crippen molar-refractivity contribution in [2.45, 2.75) is 25.3 Å². The summed E-state index contributed by atoms with van der Waals surface area (Å²) in [5.74, 6) is 0. The van der Waals surface area contributed by atoms with Crippen molar-refractivity contribution in [2.75, 3.05) is 5.32 Å². The molecule has 1 unspecified atom stereocenters. The molecule has 0 spiro atoms. The third-order valence-corrected chi connectivity index (χ3v) is 4.36. The predicted molar refractivity (Wildman–Crippen MR) is 85.0 cm³/mol. The topological polar surface area (TPSA) is 12.0 Å². The van der Waals surface area contributed by atoms with E-state index in [0.717, 1.165) is 23.6 Å². The summed E-state index contributed by atoms with van der Waals surface area (Å²) in [7, 11) is 0. The molecule has 1 aliphatic carbocycles. The highest BCUT2D eigenvalue weighted by Crippen LogP contribution is 2.26. The molecule has 0 fully saturated rings. The Hall–Kier alpha value is -0.990. The third kappa shape index (κ3) is 3.13. The Bertz CT molecular complexity index is 580. The first-order valence-electron chi connectivity index (χ1n) is 6.50. The van der Waals surface area contributed by atoms with Gasteiger partial charge >= 0.3 is 0 Å². The fourth-order valence-electron chi connectivity index (χ4n) is 2.63. The second-order valence-corrected chi connectivity index (χ2v) is 6.36. The Morgan fingerprint density at radius 1 is 1.05 bits per heavy atom. The van der Waals surface area contributed by atoms with E-state index in [9.17, 15) is 0 Å². The molecule has 98 valence electrons. The molecule has 0 amide bonds. The molecule has 1 N–H and O–H groups in total. The van der Waals surface area contributed by atoms with Gasteiger partial charge in [-0.25, -0.2) is 0 Å². The summed E-state index contributed by atoms with van der Waals surface area (Å²) in [4.78, 5) is 0. The summed E-state index contributed by atoms with van der Waals surface area (Å²) in [6, 6.07) is 15.1. The van der Waals surface area contributed by atoms with Crippen LogP contribution in [-0.4, -0.2) is 6.04 Å². The van der Waals surface area contributed by atoms with Gasteiger partial charge in [-0.3, -0.25) is 0 Å². The molecule has 1 aliphatic rings. The maximum absolute atomic E-state index is 5.90. The minimum absolute atomic E-state index is 0.509. The molecule has 1 atom stereocenters. The van der Waals surface area contributed by atoms with Crippen LogP contribution in [0.15, 0.2) is 46.9 Å². The maximum Gasteiger partial charge on any atom is 0.0407 e. The summed E-state index contributed by atoms with van der Waals surface area (Å²) in [6.07, 6.45) is 3.40. The summed E-state index contributed by atoms with van der Waals surface area (Å²) in [5, 5.41) is 4.38. The van der Waals surface area contributed by atoms with E-state index < -0.39 is 0 Å². The Balaban J connectivity index is 1.72. The Kier molecular flexibility index (Phi) is 3.81. The van der Waals surface area contributed by atoms with Crippen LogP contribution in [0.1, 0.15) is 17.5 Å². The summed E-state index contributed by atoms with van der Waals surface area (Å²) >= 11 is 9.44. The number of fused-ring (bicyclic) bond motifs is 1. The van der Waals surface area contributed by atoms with Gasteiger partial charge in [0.25, 0.3) is 0 Å². The fourth-order valence-corrected chi connectivity index (χ4v) is 3.16. The van der Waals surface area contributed by atoms with Crippen molar-refractivity contribution in [1.29, 1.82) is 0 Å². The summed E-state index contributed by atoms with van der Waals surface area (Å²) < 4.78 is 1.18. The lowest BCUT2D eigenvalue weighted by atomic mass is 9.88. The fraction of sp³-hybridized carbons (Fsp3) is 0.250.